The fourth-order valence-corrected chi connectivity index (χ4v) is 5.45. The predicted molar refractivity (Wildman–Crippen MR) is 131 cm³/mol. The lowest BCUT2D eigenvalue weighted by atomic mass is 9.81. The van der Waals surface area contributed by atoms with Crippen LogP contribution >= 0.6 is 0 Å². The molecule has 3 aromatic rings. The lowest BCUT2D eigenvalue weighted by Gasteiger charge is -2.50. The largest absolute Gasteiger partial charge is 0.489 e. The van der Waals surface area contributed by atoms with Gasteiger partial charge >= 0.3 is 6.18 Å². The van der Waals surface area contributed by atoms with Crippen LogP contribution in [0.1, 0.15) is 44.9 Å². The third-order valence-corrected chi connectivity index (χ3v) is 7.56. The molecule has 1 fully saturated rings. The molecule has 2 aromatic carbocycles. The molecule has 0 N–H and O–H groups in total. The van der Waals surface area contributed by atoms with Gasteiger partial charge < -0.3 is 14.2 Å². The first-order valence-electron chi connectivity index (χ1n) is 12.3. The van der Waals surface area contributed by atoms with Gasteiger partial charge in [-0.15, -0.1) is 0 Å². The molecule has 0 radical (unpaired) electrons. The van der Waals surface area contributed by atoms with Crippen LogP contribution in [0.2, 0.25) is 0 Å². The number of carbonyl (C=O) groups is 2. The van der Waals surface area contributed by atoms with E-state index in [1.807, 2.05) is 37.4 Å². The second-order valence-electron chi connectivity index (χ2n) is 9.63. The smallest absolute Gasteiger partial charge is 0.456 e. The number of carbonyl (C=O) groups excluding carboxylic acids is 2. The van der Waals surface area contributed by atoms with Gasteiger partial charge in [-0.3, -0.25) is 14.5 Å². The molecule has 1 saturated heterocycles. The lowest BCUT2D eigenvalue weighted by Crippen LogP contribution is -2.56. The van der Waals surface area contributed by atoms with Gasteiger partial charge in [0.1, 0.15) is 12.4 Å². The number of benzene rings is 2. The quantitative estimate of drug-likeness (QED) is 0.458. The van der Waals surface area contributed by atoms with Gasteiger partial charge in [-0.25, -0.2) is 0 Å². The molecule has 194 valence electrons. The zero-order valence-electron chi connectivity index (χ0n) is 20.5. The summed E-state index contributed by atoms with van der Waals surface area (Å²) in [4.78, 5) is 29.1. The first-order chi connectivity index (χ1) is 17.7. The summed E-state index contributed by atoms with van der Waals surface area (Å²) in [6.07, 6.45) is -3.78. The zero-order valence-corrected chi connectivity index (χ0v) is 20.5. The summed E-state index contributed by atoms with van der Waals surface area (Å²) < 4.78 is 46.7. The summed E-state index contributed by atoms with van der Waals surface area (Å²) in [5.74, 6) is -1.24. The van der Waals surface area contributed by atoms with Crippen LogP contribution in [0.3, 0.4) is 0 Å². The average molecular weight is 512 g/mol. The predicted octanol–water partition coefficient (Wildman–Crippen LogP) is 4.89. The Labute approximate surface area is 213 Å². The number of nitrogens with zero attached hydrogens (tertiary/aromatic N) is 3. The molecule has 2 aliphatic rings. The Kier molecular flexibility index (Phi) is 6.58. The standard InChI is InChI=1S/C28H28F3N3O3/c1-32-17-18-34-23(25(35)28(29,30)31)11-12-24(34)27(32)13-15-33(16-14-27)26(36)21-7-9-22(10-8-21)37-19-20-5-3-2-4-6-20/h2-12H,13-19H2,1H3. The third kappa shape index (κ3) is 4.75. The van der Waals surface area contributed by atoms with Crippen molar-refractivity contribution in [3.05, 3.63) is 89.2 Å². The Morgan fingerprint density at radius 1 is 0.892 bits per heavy atom. The number of ether oxygens (including phenoxy) is 1. The van der Waals surface area contributed by atoms with Gasteiger partial charge in [0.15, 0.2) is 0 Å². The molecule has 0 unspecified atom stereocenters. The minimum atomic E-state index is -4.91. The van der Waals surface area contributed by atoms with Crippen LogP contribution in [0, 0.1) is 0 Å². The number of halogens is 3. The number of likely N-dealkylation sites (N-methyl/N-ethyl adjacent to an activating group) is 1. The zero-order chi connectivity index (χ0) is 26.2. The van der Waals surface area contributed by atoms with Crippen molar-refractivity contribution >= 4 is 11.7 Å². The molecule has 0 saturated carbocycles. The molecule has 1 spiro atoms. The van der Waals surface area contributed by atoms with Gasteiger partial charge in [0.2, 0.25) is 0 Å². The van der Waals surface area contributed by atoms with Gasteiger partial charge in [0, 0.05) is 37.4 Å². The number of fused-ring (bicyclic) bond motifs is 2. The number of aromatic nitrogens is 1. The van der Waals surface area contributed by atoms with Gasteiger partial charge in [0.25, 0.3) is 11.7 Å². The summed E-state index contributed by atoms with van der Waals surface area (Å²) in [5, 5.41) is 0. The number of hydrogen-bond acceptors (Lipinski definition) is 4. The number of rotatable bonds is 5. The van der Waals surface area contributed by atoms with E-state index in [2.05, 4.69) is 4.90 Å². The molecule has 0 aliphatic carbocycles. The van der Waals surface area contributed by atoms with E-state index in [4.69, 9.17) is 4.74 Å². The van der Waals surface area contributed by atoms with E-state index in [0.717, 1.165) is 5.56 Å². The minimum Gasteiger partial charge on any atom is -0.489 e. The molecule has 2 aliphatic heterocycles. The first kappa shape index (κ1) is 25.1. The minimum absolute atomic E-state index is 0.0914. The fraction of sp³-hybridized carbons (Fsp3) is 0.357. The first-order valence-corrected chi connectivity index (χ1v) is 12.3. The van der Waals surface area contributed by atoms with E-state index in [1.165, 1.54) is 10.6 Å². The van der Waals surface area contributed by atoms with Crippen LogP contribution in [0.15, 0.2) is 66.7 Å². The van der Waals surface area contributed by atoms with Gasteiger partial charge in [-0.05, 0) is 61.9 Å². The molecular formula is C28H28F3N3O3. The summed E-state index contributed by atoms with van der Waals surface area (Å²) in [6.45, 7) is 2.21. The van der Waals surface area contributed by atoms with Crippen molar-refractivity contribution in [3.63, 3.8) is 0 Å². The number of hydrogen-bond donors (Lipinski definition) is 0. The summed E-state index contributed by atoms with van der Waals surface area (Å²) in [7, 11) is 1.95. The van der Waals surface area contributed by atoms with E-state index in [0.29, 0.717) is 62.6 Å². The van der Waals surface area contributed by atoms with E-state index in [9.17, 15) is 22.8 Å². The fourth-order valence-electron chi connectivity index (χ4n) is 5.45. The van der Waals surface area contributed by atoms with Crippen molar-refractivity contribution in [1.29, 1.82) is 0 Å². The number of Topliss-reactive ketones (excluding diaryl/α,β-unsaturated/α-hetero) is 1. The molecule has 5 rings (SSSR count). The van der Waals surface area contributed by atoms with Crippen LogP contribution in [-0.2, 0) is 18.7 Å². The van der Waals surface area contributed by atoms with Crippen LogP contribution in [0.5, 0.6) is 5.75 Å². The molecule has 3 heterocycles. The van der Waals surface area contributed by atoms with Crippen molar-refractivity contribution < 1.29 is 27.5 Å². The summed E-state index contributed by atoms with van der Waals surface area (Å²) >= 11 is 0. The molecule has 0 bridgehead atoms. The van der Waals surface area contributed by atoms with Crippen LogP contribution in [0.25, 0.3) is 0 Å². The number of likely N-dealkylation sites (tertiary alicyclic amines) is 1. The number of piperidine rings is 1. The monoisotopic (exact) mass is 511 g/mol. The van der Waals surface area contributed by atoms with Crippen molar-refractivity contribution in [3.8, 4) is 5.75 Å². The average Bonchev–Trinajstić information content (AvgIpc) is 3.34. The van der Waals surface area contributed by atoms with Crippen molar-refractivity contribution in [2.24, 2.45) is 0 Å². The second kappa shape index (κ2) is 9.70. The summed E-state index contributed by atoms with van der Waals surface area (Å²) in [6, 6.07) is 19.8. The maximum absolute atomic E-state index is 13.2. The van der Waals surface area contributed by atoms with Crippen molar-refractivity contribution in [2.75, 3.05) is 26.7 Å². The van der Waals surface area contributed by atoms with E-state index >= 15 is 0 Å². The van der Waals surface area contributed by atoms with Gasteiger partial charge in [-0.1, -0.05) is 30.3 Å². The maximum Gasteiger partial charge on any atom is 0.456 e. The summed E-state index contributed by atoms with van der Waals surface area (Å²) in [5.41, 5.74) is 1.48. The lowest BCUT2D eigenvalue weighted by molar-refractivity contribution is -0.0892. The topological polar surface area (TPSA) is 54.8 Å². The number of ketones is 1. The molecule has 1 amide bonds. The van der Waals surface area contributed by atoms with Gasteiger partial charge in [0.05, 0.1) is 11.2 Å². The van der Waals surface area contributed by atoms with Crippen molar-refractivity contribution in [1.82, 2.24) is 14.4 Å². The Morgan fingerprint density at radius 2 is 1.57 bits per heavy atom. The normalized spacial score (nSPS) is 17.5. The Balaban J connectivity index is 1.26. The highest BCUT2D eigenvalue weighted by atomic mass is 19.4. The molecule has 0 atom stereocenters. The van der Waals surface area contributed by atoms with Crippen LogP contribution in [-0.4, -0.2) is 58.9 Å². The highest BCUT2D eigenvalue weighted by Gasteiger charge is 2.47. The highest BCUT2D eigenvalue weighted by molar-refractivity contribution is 5.99. The molecule has 9 heteroatoms. The Morgan fingerprint density at radius 3 is 2.22 bits per heavy atom. The molecule has 37 heavy (non-hydrogen) atoms. The van der Waals surface area contributed by atoms with E-state index in [1.54, 1.807) is 35.2 Å². The van der Waals surface area contributed by atoms with Gasteiger partial charge in [-0.2, -0.15) is 13.2 Å². The number of alkyl halides is 3. The molecular weight excluding hydrogens is 483 g/mol. The van der Waals surface area contributed by atoms with Crippen LogP contribution in [0.4, 0.5) is 13.2 Å². The maximum atomic E-state index is 13.2. The molecule has 6 nitrogen and oxygen atoms in total. The number of amides is 1. The van der Waals surface area contributed by atoms with Crippen molar-refractivity contribution in [2.45, 2.75) is 37.7 Å². The van der Waals surface area contributed by atoms with E-state index < -0.39 is 17.5 Å². The second-order valence-corrected chi connectivity index (χ2v) is 9.63. The Bertz CT molecular complexity index is 1280. The molecule has 1 aromatic heterocycles. The SMILES string of the molecule is CN1CCn2c(C(=O)C(F)(F)F)ccc2C12CCN(C(=O)c1ccc(OCc3ccccc3)cc1)CC2. The highest BCUT2D eigenvalue weighted by Crippen LogP contribution is 2.42. The van der Waals surface area contributed by atoms with E-state index in [-0.39, 0.29) is 11.6 Å². The Hall–Kier alpha value is -3.59. The van der Waals surface area contributed by atoms with Crippen LogP contribution < -0.4 is 4.74 Å². The third-order valence-electron chi connectivity index (χ3n) is 7.56.